The van der Waals surface area contributed by atoms with E-state index >= 15 is 0 Å². The minimum atomic E-state index is -0.173. The summed E-state index contributed by atoms with van der Waals surface area (Å²) < 4.78 is 7.34. The van der Waals surface area contributed by atoms with Crippen molar-refractivity contribution < 1.29 is 14.3 Å². The molecule has 6 nitrogen and oxygen atoms in total. The third-order valence-electron chi connectivity index (χ3n) is 4.84. The summed E-state index contributed by atoms with van der Waals surface area (Å²) in [5.41, 5.74) is 3.29. The number of nitrogens with one attached hydrogen (secondary N) is 1. The minimum Gasteiger partial charge on any atom is -0.495 e. The van der Waals surface area contributed by atoms with E-state index in [-0.39, 0.29) is 24.8 Å². The van der Waals surface area contributed by atoms with Gasteiger partial charge < -0.3 is 14.6 Å². The highest BCUT2D eigenvalue weighted by atomic mass is 16.5. The lowest BCUT2D eigenvalue weighted by atomic mass is 10.1. The predicted octanol–water partition coefficient (Wildman–Crippen LogP) is 3.83. The highest BCUT2D eigenvalue weighted by molar-refractivity contribution is 5.99. The van der Waals surface area contributed by atoms with Gasteiger partial charge in [0.2, 0.25) is 5.91 Å². The lowest BCUT2D eigenvalue weighted by Crippen LogP contribution is -2.37. The van der Waals surface area contributed by atoms with Gasteiger partial charge in [0.05, 0.1) is 25.9 Å². The summed E-state index contributed by atoms with van der Waals surface area (Å²) in [4.78, 5) is 27.4. The molecule has 0 bridgehead atoms. The third-order valence-corrected chi connectivity index (χ3v) is 4.84. The molecule has 0 aliphatic rings. The van der Waals surface area contributed by atoms with E-state index in [0.717, 1.165) is 17.8 Å². The first-order chi connectivity index (χ1) is 13.9. The van der Waals surface area contributed by atoms with Crippen LogP contribution in [-0.4, -0.2) is 47.9 Å². The standard InChI is InChI=1S/C23H31N3O3/c1-6-12-25(16-23(28)24-20-10-8-9-11-22(20)29-5)15-21(27)19-14-17(3)26(13-7-2)18(19)4/h7-11,14H,2,6,12-13,15-16H2,1,3-5H3,(H,24,28). The van der Waals surface area contributed by atoms with E-state index in [4.69, 9.17) is 4.74 Å². The van der Waals surface area contributed by atoms with Crippen LogP contribution in [-0.2, 0) is 11.3 Å². The molecule has 1 aromatic heterocycles. The molecule has 1 heterocycles. The Morgan fingerprint density at radius 2 is 1.97 bits per heavy atom. The van der Waals surface area contributed by atoms with Crippen LogP contribution in [0.2, 0.25) is 0 Å². The van der Waals surface area contributed by atoms with E-state index in [9.17, 15) is 9.59 Å². The molecule has 0 unspecified atom stereocenters. The van der Waals surface area contributed by atoms with Crippen LogP contribution >= 0.6 is 0 Å². The third kappa shape index (κ3) is 5.81. The molecule has 1 aromatic carbocycles. The molecule has 0 spiro atoms. The zero-order chi connectivity index (χ0) is 21.4. The second kappa shape index (κ2) is 10.6. The van der Waals surface area contributed by atoms with Crippen LogP contribution in [0.3, 0.4) is 0 Å². The van der Waals surface area contributed by atoms with Gasteiger partial charge in [-0.2, -0.15) is 0 Å². The van der Waals surface area contributed by atoms with Gasteiger partial charge in [-0.1, -0.05) is 25.1 Å². The van der Waals surface area contributed by atoms with Gasteiger partial charge in [-0.15, -0.1) is 6.58 Å². The first-order valence-electron chi connectivity index (χ1n) is 9.87. The van der Waals surface area contributed by atoms with E-state index in [1.165, 1.54) is 0 Å². The lowest BCUT2D eigenvalue weighted by Gasteiger charge is -2.21. The maximum atomic E-state index is 12.9. The lowest BCUT2D eigenvalue weighted by molar-refractivity contribution is -0.117. The maximum Gasteiger partial charge on any atom is 0.238 e. The van der Waals surface area contributed by atoms with Crippen LogP contribution in [0.1, 0.15) is 35.1 Å². The average molecular weight is 398 g/mol. The molecule has 0 radical (unpaired) electrons. The topological polar surface area (TPSA) is 63.6 Å². The number of Topliss-reactive ketones (excluding diaryl/α,β-unsaturated/α-hetero) is 1. The van der Waals surface area contributed by atoms with Gasteiger partial charge in [-0.05, 0) is 45.0 Å². The first-order valence-corrected chi connectivity index (χ1v) is 9.87. The molecule has 0 aliphatic carbocycles. The van der Waals surface area contributed by atoms with Crippen molar-refractivity contribution >= 4 is 17.4 Å². The second-order valence-corrected chi connectivity index (χ2v) is 7.07. The van der Waals surface area contributed by atoms with E-state index in [2.05, 4.69) is 16.5 Å². The summed E-state index contributed by atoms with van der Waals surface area (Å²) in [6, 6.07) is 9.19. The molecular weight excluding hydrogens is 366 g/mol. The number of ether oxygens (including phenoxy) is 1. The number of aryl methyl sites for hydroxylation is 1. The molecule has 0 saturated heterocycles. The van der Waals surface area contributed by atoms with E-state index in [1.54, 1.807) is 19.2 Å². The van der Waals surface area contributed by atoms with Crippen molar-refractivity contribution in [3.05, 3.63) is 59.9 Å². The second-order valence-electron chi connectivity index (χ2n) is 7.07. The molecule has 0 aliphatic heterocycles. The normalized spacial score (nSPS) is 10.8. The molecule has 1 N–H and O–H groups in total. The number of methoxy groups -OCH3 is 1. The Balaban J connectivity index is 2.07. The Bertz CT molecular complexity index is 870. The number of carbonyl (C=O) groups is 2. The molecule has 156 valence electrons. The number of allylic oxidation sites excluding steroid dienone is 1. The highest BCUT2D eigenvalue weighted by Gasteiger charge is 2.20. The quantitative estimate of drug-likeness (QED) is 0.462. The van der Waals surface area contributed by atoms with Crippen molar-refractivity contribution in [1.29, 1.82) is 0 Å². The van der Waals surface area contributed by atoms with Crippen molar-refractivity contribution in [2.24, 2.45) is 0 Å². The number of aromatic nitrogens is 1. The van der Waals surface area contributed by atoms with Crippen molar-refractivity contribution in [1.82, 2.24) is 9.47 Å². The van der Waals surface area contributed by atoms with Gasteiger partial charge in [0, 0.05) is 23.5 Å². The molecule has 1 amide bonds. The first kappa shape index (κ1) is 22.4. The van der Waals surface area contributed by atoms with Gasteiger partial charge in [0.25, 0.3) is 0 Å². The number of anilines is 1. The number of hydrogen-bond acceptors (Lipinski definition) is 4. The summed E-state index contributed by atoms with van der Waals surface area (Å²) >= 11 is 0. The van der Waals surface area contributed by atoms with Gasteiger partial charge in [-0.3, -0.25) is 14.5 Å². The molecule has 0 fully saturated rings. The number of benzene rings is 1. The summed E-state index contributed by atoms with van der Waals surface area (Å²) in [6.45, 7) is 11.4. The molecule has 2 aromatic rings. The summed E-state index contributed by atoms with van der Waals surface area (Å²) in [5.74, 6) is 0.452. The molecular formula is C23H31N3O3. The Morgan fingerprint density at radius 1 is 1.24 bits per heavy atom. The van der Waals surface area contributed by atoms with Crippen LogP contribution in [0.4, 0.5) is 5.69 Å². The van der Waals surface area contributed by atoms with Crippen LogP contribution < -0.4 is 10.1 Å². The van der Waals surface area contributed by atoms with Gasteiger partial charge >= 0.3 is 0 Å². The highest BCUT2D eigenvalue weighted by Crippen LogP contribution is 2.23. The summed E-state index contributed by atoms with van der Waals surface area (Å²) in [7, 11) is 1.57. The number of hydrogen-bond donors (Lipinski definition) is 1. The number of amides is 1. The molecule has 6 heteroatoms. The molecule has 29 heavy (non-hydrogen) atoms. The Hall–Kier alpha value is -2.86. The van der Waals surface area contributed by atoms with Crippen LogP contribution in [0.25, 0.3) is 0 Å². The van der Waals surface area contributed by atoms with E-state index in [0.29, 0.717) is 30.1 Å². The fourth-order valence-electron chi connectivity index (χ4n) is 3.45. The van der Waals surface area contributed by atoms with E-state index in [1.807, 2.05) is 49.9 Å². The summed E-state index contributed by atoms with van der Waals surface area (Å²) in [5, 5.41) is 2.87. The Labute approximate surface area is 173 Å². The van der Waals surface area contributed by atoms with Crippen molar-refractivity contribution in [3.8, 4) is 5.75 Å². The summed E-state index contributed by atoms with van der Waals surface area (Å²) in [6.07, 6.45) is 2.67. The van der Waals surface area contributed by atoms with Gasteiger partial charge in [0.15, 0.2) is 5.78 Å². The average Bonchev–Trinajstić information content (AvgIpc) is 2.97. The smallest absolute Gasteiger partial charge is 0.238 e. The van der Waals surface area contributed by atoms with Crippen molar-refractivity contribution in [2.45, 2.75) is 33.7 Å². The minimum absolute atomic E-state index is 0.0203. The van der Waals surface area contributed by atoms with Gasteiger partial charge in [0.1, 0.15) is 5.75 Å². The number of nitrogens with zero attached hydrogens (tertiary/aromatic N) is 2. The Kier molecular flexibility index (Phi) is 8.21. The largest absolute Gasteiger partial charge is 0.495 e. The van der Waals surface area contributed by atoms with Crippen molar-refractivity contribution in [2.75, 3.05) is 32.1 Å². The zero-order valence-electron chi connectivity index (χ0n) is 17.8. The molecule has 0 saturated carbocycles. The van der Waals surface area contributed by atoms with Crippen LogP contribution in [0.15, 0.2) is 43.0 Å². The van der Waals surface area contributed by atoms with Crippen LogP contribution in [0.5, 0.6) is 5.75 Å². The predicted molar refractivity (Wildman–Crippen MR) is 117 cm³/mol. The van der Waals surface area contributed by atoms with Gasteiger partial charge in [-0.25, -0.2) is 0 Å². The van der Waals surface area contributed by atoms with E-state index < -0.39 is 0 Å². The Morgan fingerprint density at radius 3 is 2.62 bits per heavy atom. The van der Waals surface area contributed by atoms with Crippen molar-refractivity contribution in [3.63, 3.8) is 0 Å². The zero-order valence-corrected chi connectivity index (χ0v) is 17.8. The molecule has 0 atom stereocenters. The monoisotopic (exact) mass is 397 g/mol. The maximum absolute atomic E-state index is 12.9. The van der Waals surface area contributed by atoms with Crippen LogP contribution in [0, 0.1) is 13.8 Å². The SMILES string of the molecule is C=CCn1c(C)cc(C(=O)CN(CCC)CC(=O)Nc2ccccc2OC)c1C. The number of rotatable bonds is 11. The fraction of sp³-hybridized carbons (Fsp3) is 0.391. The fourth-order valence-corrected chi connectivity index (χ4v) is 3.45. The number of carbonyl (C=O) groups excluding carboxylic acids is 2. The molecule has 2 rings (SSSR count). The number of para-hydroxylation sites is 2. The number of ketones is 1.